The van der Waals surface area contributed by atoms with Gasteiger partial charge in [0.25, 0.3) is 11.8 Å². The molecular weight excluding hydrogens is 346 g/mol. The lowest BCUT2D eigenvalue weighted by atomic mass is 10.2. The standard InChI is InChI=1S/C19H19N5O3/c1-12(2)24-15-8-4-3-7-14(15)17(19(24)27)23-22-16(25)11-21-18(26)13-6-5-9-20-10-13/h3-10,12,27H,11H2,1-2H3,(H,21,26). The topological polar surface area (TPSA) is 109 Å². The lowest BCUT2D eigenvalue weighted by Crippen LogP contribution is -2.28. The second-order valence-corrected chi connectivity index (χ2v) is 6.17. The Balaban J connectivity index is 1.75. The number of carbonyl (C=O) groups excluding carboxylic acids is 2. The van der Waals surface area contributed by atoms with Gasteiger partial charge in [-0.2, -0.15) is 0 Å². The number of pyridine rings is 1. The highest BCUT2D eigenvalue weighted by Crippen LogP contribution is 2.40. The number of hydrogen-bond donors (Lipinski definition) is 2. The summed E-state index contributed by atoms with van der Waals surface area (Å²) < 4.78 is 1.72. The Labute approximate surface area is 155 Å². The van der Waals surface area contributed by atoms with Crippen LogP contribution in [0.4, 0.5) is 5.69 Å². The first-order chi connectivity index (χ1) is 13.0. The summed E-state index contributed by atoms with van der Waals surface area (Å²) in [5.74, 6) is -1.11. The van der Waals surface area contributed by atoms with Gasteiger partial charge in [-0.15, -0.1) is 10.2 Å². The van der Waals surface area contributed by atoms with E-state index in [1.807, 2.05) is 32.0 Å². The number of carbonyl (C=O) groups is 2. The van der Waals surface area contributed by atoms with Gasteiger partial charge >= 0.3 is 0 Å². The van der Waals surface area contributed by atoms with Gasteiger partial charge in [-0.3, -0.25) is 14.6 Å². The van der Waals surface area contributed by atoms with E-state index >= 15 is 0 Å². The lowest BCUT2D eigenvalue weighted by molar-refractivity contribution is -0.117. The minimum absolute atomic E-state index is 0.00771. The molecule has 0 saturated carbocycles. The molecule has 0 atom stereocenters. The number of nitrogens with one attached hydrogen (secondary N) is 1. The predicted molar refractivity (Wildman–Crippen MR) is 100 cm³/mol. The van der Waals surface area contributed by atoms with Crippen molar-refractivity contribution in [3.63, 3.8) is 0 Å². The van der Waals surface area contributed by atoms with Crippen LogP contribution in [0.15, 0.2) is 59.0 Å². The van der Waals surface area contributed by atoms with E-state index in [0.29, 0.717) is 10.9 Å². The van der Waals surface area contributed by atoms with Gasteiger partial charge in [0, 0.05) is 23.8 Å². The van der Waals surface area contributed by atoms with Crippen LogP contribution in [0, 0.1) is 0 Å². The van der Waals surface area contributed by atoms with Gasteiger partial charge in [-0.25, -0.2) is 0 Å². The number of aromatic nitrogens is 2. The average molecular weight is 365 g/mol. The molecule has 8 nitrogen and oxygen atoms in total. The molecule has 27 heavy (non-hydrogen) atoms. The number of aromatic hydroxyl groups is 1. The number of para-hydroxylation sites is 1. The zero-order valence-corrected chi connectivity index (χ0v) is 15.0. The van der Waals surface area contributed by atoms with Crippen LogP contribution in [0.3, 0.4) is 0 Å². The fraction of sp³-hybridized carbons (Fsp3) is 0.211. The third-order valence-corrected chi connectivity index (χ3v) is 3.96. The largest absolute Gasteiger partial charge is 0.493 e. The van der Waals surface area contributed by atoms with E-state index in [1.165, 1.54) is 6.20 Å². The van der Waals surface area contributed by atoms with E-state index in [9.17, 15) is 14.7 Å². The number of benzene rings is 1. The monoisotopic (exact) mass is 365 g/mol. The molecule has 3 rings (SSSR count). The van der Waals surface area contributed by atoms with E-state index in [4.69, 9.17) is 0 Å². The van der Waals surface area contributed by atoms with Gasteiger partial charge in [0.1, 0.15) is 6.54 Å². The van der Waals surface area contributed by atoms with Crippen LogP contribution >= 0.6 is 0 Å². The van der Waals surface area contributed by atoms with E-state index in [0.717, 1.165) is 5.52 Å². The quantitative estimate of drug-likeness (QED) is 0.676. The third-order valence-electron chi connectivity index (χ3n) is 3.96. The first kappa shape index (κ1) is 18.2. The Bertz CT molecular complexity index is 1010. The number of fused-ring (bicyclic) bond motifs is 1. The number of azo groups is 1. The molecule has 0 aliphatic rings. The molecule has 0 aliphatic heterocycles. The molecule has 0 radical (unpaired) electrons. The van der Waals surface area contributed by atoms with Crippen molar-refractivity contribution in [2.45, 2.75) is 19.9 Å². The molecule has 2 heterocycles. The van der Waals surface area contributed by atoms with Crippen LogP contribution in [0.2, 0.25) is 0 Å². The summed E-state index contributed by atoms with van der Waals surface area (Å²) in [6.07, 6.45) is 2.95. The van der Waals surface area contributed by atoms with Crippen molar-refractivity contribution in [3.05, 3.63) is 54.4 Å². The fourth-order valence-electron chi connectivity index (χ4n) is 2.75. The molecule has 2 amide bonds. The first-order valence-electron chi connectivity index (χ1n) is 8.43. The third kappa shape index (κ3) is 3.84. The van der Waals surface area contributed by atoms with Crippen LogP contribution in [0.1, 0.15) is 30.2 Å². The summed E-state index contributed by atoms with van der Waals surface area (Å²) in [5.41, 5.74) is 1.38. The maximum absolute atomic E-state index is 12.0. The Morgan fingerprint density at radius 3 is 2.70 bits per heavy atom. The molecule has 2 aromatic heterocycles. The highest BCUT2D eigenvalue weighted by Gasteiger charge is 2.18. The van der Waals surface area contributed by atoms with E-state index in [2.05, 4.69) is 20.5 Å². The summed E-state index contributed by atoms with van der Waals surface area (Å²) in [6.45, 7) is 3.57. The van der Waals surface area contributed by atoms with Gasteiger partial charge in [0.15, 0.2) is 5.69 Å². The van der Waals surface area contributed by atoms with Crippen LogP contribution in [-0.2, 0) is 4.79 Å². The van der Waals surface area contributed by atoms with Gasteiger partial charge in [-0.1, -0.05) is 18.2 Å². The van der Waals surface area contributed by atoms with Gasteiger partial charge in [-0.05, 0) is 32.0 Å². The van der Waals surface area contributed by atoms with E-state index < -0.39 is 11.8 Å². The molecule has 1 aromatic carbocycles. The van der Waals surface area contributed by atoms with Crippen molar-refractivity contribution in [2.75, 3.05) is 6.54 Å². The van der Waals surface area contributed by atoms with Crippen molar-refractivity contribution >= 4 is 28.4 Å². The molecule has 2 N–H and O–H groups in total. The molecule has 0 bridgehead atoms. The maximum atomic E-state index is 12.0. The number of nitrogens with zero attached hydrogens (tertiary/aromatic N) is 4. The fourth-order valence-corrected chi connectivity index (χ4v) is 2.75. The molecule has 0 unspecified atom stereocenters. The number of hydrogen-bond acceptors (Lipinski definition) is 5. The van der Waals surface area contributed by atoms with Crippen molar-refractivity contribution in [3.8, 4) is 5.88 Å². The minimum atomic E-state index is -0.631. The molecule has 0 fully saturated rings. The Morgan fingerprint density at radius 1 is 1.22 bits per heavy atom. The molecule has 0 spiro atoms. The Morgan fingerprint density at radius 2 is 2.00 bits per heavy atom. The minimum Gasteiger partial charge on any atom is -0.493 e. The summed E-state index contributed by atoms with van der Waals surface area (Å²) in [4.78, 5) is 27.7. The van der Waals surface area contributed by atoms with Crippen molar-refractivity contribution in [2.24, 2.45) is 10.2 Å². The molecular formula is C19H19N5O3. The molecule has 138 valence electrons. The van der Waals surface area contributed by atoms with Gasteiger partial charge < -0.3 is 15.0 Å². The highest BCUT2D eigenvalue weighted by molar-refractivity contribution is 5.97. The van der Waals surface area contributed by atoms with Crippen LogP contribution in [0.25, 0.3) is 10.9 Å². The van der Waals surface area contributed by atoms with E-state index in [-0.39, 0.29) is 24.2 Å². The Hall–Kier alpha value is -3.55. The predicted octanol–water partition coefficient (Wildman–Crippen LogP) is 3.36. The zero-order chi connectivity index (χ0) is 19.4. The second kappa shape index (κ2) is 7.77. The smallest absolute Gasteiger partial charge is 0.283 e. The first-order valence-corrected chi connectivity index (χ1v) is 8.43. The Kier molecular flexibility index (Phi) is 5.25. The highest BCUT2D eigenvalue weighted by atomic mass is 16.3. The molecule has 8 heteroatoms. The summed E-state index contributed by atoms with van der Waals surface area (Å²) in [5, 5.41) is 21.2. The average Bonchev–Trinajstić information content (AvgIpc) is 2.96. The van der Waals surface area contributed by atoms with Crippen LogP contribution < -0.4 is 5.32 Å². The van der Waals surface area contributed by atoms with E-state index in [1.54, 1.807) is 29.0 Å². The van der Waals surface area contributed by atoms with Gasteiger partial charge in [0.05, 0.1) is 11.1 Å². The molecule has 0 saturated heterocycles. The SMILES string of the molecule is CC(C)n1c(O)c(N=NC(=O)CNC(=O)c2cccnc2)c2ccccc21. The van der Waals surface area contributed by atoms with Crippen LogP contribution in [0.5, 0.6) is 5.88 Å². The zero-order valence-electron chi connectivity index (χ0n) is 15.0. The summed E-state index contributed by atoms with van der Waals surface area (Å²) in [7, 11) is 0. The molecule has 0 aliphatic carbocycles. The molecule has 3 aromatic rings. The van der Waals surface area contributed by atoms with Crippen LogP contribution in [-0.4, -0.2) is 33.0 Å². The summed E-state index contributed by atoms with van der Waals surface area (Å²) >= 11 is 0. The number of rotatable bonds is 5. The normalized spacial score (nSPS) is 11.4. The van der Waals surface area contributed by atoms with Crippen molar-refractivity contribution in [1.29, 1.82) is 0 Å². The summed E-state index contributed by atoms with van der Waals surface area (Å²) in [6, 6.07) is 10.6. The lowest BCUT2D eigenvalue weighted by Gasteiger charge is -2.10. The van der Waals surface area contributed by atoms with Gasteiger partial charge in [0.2, 0.25) is 5.88 Å². The second-order valence-electron chi connectivity index (χ2n) is 6.17. The van der Waals surface area contributed by atoms with Crippen molar-refractivity contribution in [1.82, 2.24) is 14.9 Å². The maximum Gasteiger partial charge on any atom is 0.283 e. The van der Waals surface area contributed by atoms with Crippen molar-refractivity contribution < 1.29 is 14.7 Å². The number of amides is 2.